The molecule has 0 aliphatic rings. The Kier molecular flexibility index (Phi) is 3.50. The van der Waals surface area contributed by atoms with Crippen molar-refractivity contribution >= 4 is 33.5 Å². The minimum Gasteiger partial charge on any atom is -0.465 e. The maximum absolute atomic E-state index is 11.2. The molecule has 0 saturated heterocycles. The molecule has 0 spiro atoms. The average molecular weight is 275 g/mol. The van der Waals surface area contributed by atoms with Gasteiger partial charge >= 0.3 is 5.97 Å². The zero-order chi connectivity index (χ0) is 10.7. The molecule has 0 atom stereocenters. The van der Waals surface area contributed by atoms with Crippen molar-refractivity contribution in [3.63, 3.8) is 0 Å². The molecule has 0 amide bonds. The van der Waals surface area contributed by atoms with E-state index in [4.69, 9.17) is 16.9 Å². The lowest BCUT2D eigenvalue weighted by molar-refractivity contribution is 0.0600. The average Bonchev–Trinajstić information content (AvgIpc) is 2.16. The van der Waals surface area contributed by atoms with E-state index in [0.29, 0.717) is 10.0 Å². The fraction of sp³-hybridized carbons (Fsp3) is 0.111. The number of hydrogen-bond acceptors (Lipinski definition) is 3. The molecule has 0 heterocycles. The fourth-order valence-electron chi connectivity index (χ4n) is 0.935. The predicted octanol–water partition coefficient (Wildman–Crippen LogP) is 2.76. The smallest absolute Gasteiger partial charge is 0.340 e. The number of rotatable bonds is 1. The molecule has 1 aromatic rings. The Morgan fingerprint density at radius 2 is 2.29 bits per heavy atom. The summed E-state index contributed by atoms with van der Waals surface area (Å²) in [5, 5.41) is 8.82. The number of ether oxygens (including phenoxy) is 1. The third kappa shape index (κ3) is 2.06. The van der Waals surface area contributed by atoms with Crippen molar-refractivity contribution in [2.45, 2.75) is 0 Å². The Balaban J connectivity index is 3.34. The van der Waals surface area contributed by atoms with Crippen LogP contribution in [0.1, 0.15) is 15.9 Å². The second kappa shape index (κ2) is 4.45. The monoisotopic (exact) mass is 273 g/mol. The molecule has 0 unspecified atom stereocenters. The molecule has 72 valence electrons. The van der Waals surface area contributed by atoms with Crippen molar-refractivity contribution in [1.29, 1.82) is 5.26 Å². The van der Waals surface area contributed by atoms with Gasteiger partial charge in [0, 0.05) is 4.47 Å². The summed E-state index contributed by atoms with van der Waals surface area (Å²) in [7, 11) is 1.27. The molecular weight excluding hydrogens is 269 g/mol. The summed E-state index contributed by atoms with van der Waals surface area (Å²) in [5.41, 5.74) is 0.614. The highest BCUT2D eigenvalue weighted by Gasteiger charge is 2.15. The van der Waals surface area contributed by atoms with Crippen molar-refractivity contribution in [3.8, 4) is 6.07 Å². The Morgan fingerprint density at radius 3 is 2.71 bits per heavy atom. The summed E-state index contributed by atoms with van der Waals surface area (Å²) in [5.74, 6) is -0.536. The van der Waals surface area contributed by atoms with Crippen LogP contribution in [0.3, 0.4) is 0 Å². The molecule has 1 rings (SSSR count). The van der Waals surface area contributed by atoms with Crippen molar-refractivity contribution in [2.75, 3.05) is 7.11 Å². The van der Waals surface area contributed by atoms with Crippen LogP contribution in [0.25, 0.3) is 0 Å². The lowest BCUT2D eigenvalue weighted by Gasteiger charge is -2.04. The first-order valence-corrected chi connectivity index (χ1v) is 4.74. The van der Waals surface area contributed by atoms with Gasteiger partial charge in [-0.05, 0) is 28.1 Å². The molecule has 0 bridgehead atoms. The number of esters is 1. The third-order valence-electron chi connectivity index (χ3n) is 1.56. The highest BCUT2D eigenvalue weighted by molar-refractivity contribution is 9.10. The fourth-order valence-corrected chi connectivity index (χ4v) is 1.97. The number of nitriles is 1. The topological polar surface area (TPSA) is 50.1 Å². The van der Waals surface area contributed by atoms with E-state index in [-0.39, 0.29) is 10.6 Å². The largest absolute Gasteiger partial charge is 0.465 e. The molecule has 0 aliphatic carbocycles. The summed E-state index contributed by atoms with van der Waals surface area (Å²) in [6, 6.07) is 4.85. The van der Waals surface area contributed by atoms with Crippen molar-refractivity contribution in [3.05, 3.63) is 32.8 Å². The number of benzene rings is 1. The first-order valence-electron chi connectivity index (χ1n) is 3.57. The van der Waals surface area contributed by atoms with Gasteiger partial charge in [-0.3, -0.25) is 0 Å². The van der Waals surface area contributed by atoms with Crippen LogP contribution in [0.15, 0.2) is 16.6 Å². The summed E-state index contributed by atoms with van der Waals surface area (Å²) in [4.78, 5) is 11.2. The highest BCUT2D eigenvalue weighted by Crippen LogP contribution is 2.27. The van der Waals surface area contributed by atoms with Crippen LogP contribution in [0, 0.1) is 11.3 Å². The number of methoxy groups -OCH3 is 1. The number of carbonyl (C=O) groups is 1. The Morgan fingerprint density at radius 1 is 1.64 bits per heavy atom. The van der Waals surface area contributed by atoms with Crippen LogP contribution in [-0.2, 0) is 4.74 Å². The van der Waals surface area contributed by atoms with Crippen LogP contribution in [-0.4, -0.2) is 13.1 Å². The van der Waals surface area contributed by atoms with Crippen LogP contribution < -0.4 is 0 Å². The van der Waals surface area contributed by atoms with Gasteiger partial charge in [-0.1, -0.05) is 11.6 Å². The molecule has 0 saturated carbocycles. The van der Waals surface area contributed by atoms with Gasteiger partial charge in [0.1, 0.15) is 0 Å². The van der Waals surface area contributed by atoms with E-state index < -0.39 is 5.97 Å². The summed E-state index contributed by atoms with van der Waals surface area (Å²) >= 11 is 8.95. The molecule has 0 fully saturated rings. The molecule has 5 heteroatoms. The molecule has 0 aromatic heterocycles. The molecule has 1 aromatic carbocycles. The molecule has 0 aliphatic heterocycles. The first kappa shape index (κ1) is 11.0. The maximum atomic E-state index is 11.2. The minimum atomic E-state index is -0.536. The van der Waals surface area contributed by atoms with Crippen LogP contribution in [0.2, 0.25) is 5.02 Å². The minimum absolute atomic E-state index is 0.197. The van der Waals surface area contributed by atoms with E-state index in [1.807, 2.05) is 6.07 Å². The van der Waals surface area contributed by atoms with Crippen molar-refractivity contribution < 1.29 is 9.53 Å². The van der Waals surface area contributed by atoms with Crippen LogP contribution in [0.4, 0.5) is 0 Å². The maximum Gasteiger partial charge on any atom is 0.340 e. The molecule has 0 radical (unpaired) electrons. The van der Waals surface area contributed by atoms with Crippen LogP contribution >= 0.6 is 27.5 Å². The predicted molar refractivity (Wildman–Crippen MR) is 55.2 cm³/mol. The van der Waals surface area contributed by atoms with Gasteiger partial charge in [-0.2, -0.15) is 5.26 Å². The second-order valence-corrected chi connectivity index (χ2v) is 3.68. The second-order valence-electron chi connectivity index (χ2n) is 2.42. The number of carbonyl (C=O) groups excluding carboxylic acids is 1. The third-order valence-corrected chi connectivity index (χ3v) is 2.48. The van der Waals surface area contributed by atoms with Gasteiger partial charge in [-0.15, -0.1) is 0 Å². The summed E-state index contributed by atoms with van der Waals surface area (Å²) in [6.07, 6.45) is 0. The quantitative estimate of drug-likeness (QED) is 0.740. The van der Waals surface area contributed by atoms with E-state index in [9.17, 15) is 4.79 Å². The van der Waals surface area contributed by atoms with E-state index >= 15 is 0 Å². The van der Waals surface area contributed by atoms with E-state index in [1.54, 1.807) is 0 Å². The molecular formula is C9H5BrClNO2. The van der Waals surface area contributed by atoms with Gasteiger partial charge in [0.25, 0.3) is 0 Å². The van der Waals surface area contributed by atoms with Crippen LogP contribution in [0.5, 0.6) is 0 Å². The number of nitrogens with zero attached hydrogens (tertiary/aromatic N) is 1. The number of hydrogen-bond donors (Lipinski definition) is 0. The van der Waals surface area contributed by atoms with E-state index in [0.717, 1.165) is 0 Å². The van der Waals surface area contributed by atoms with Crippen molar-refractivity contribution in [1.82, 2.24) is 0 Å². The summed E-state index contributed by atoms with van der Waals surface area (Å²) < 4.78 is 4.99. The zero-order valence-corrected chi connectivity index (χ0v) is 9.52. The van der Waals surface area contributed by atoms with E-state index in [2.05, 4.69) is 20.7 Å². The summed E-state index contributed by atoms with van der Waals surface area (Å²) in [6.45, 7) is 0. The van der Waals surface area contributed by atoms with Gasteiger partial charge < -0.3 is 4.74 Å². The van der Waals surface area contributed by atoms with Gasteiger partial charge in [0.2, 0.25) is 0 Å². The highest BCUT2D eigenvalue weighted by atomic mass is 79.9. The SMILES string of the molecule is COC(=O)c1c(Cl)cc(C#N)cc1Br. The molecule has 3 nitrogen and oxygen atoms in total. The normalized spacial score (nSPS) is 9.29. The first-order chi connectivity index (χ1) is 6.60. The van der Waals surface area contributed by atoms with Crippen molar-refractivity contribution in [2.24, 2.45) is 0 Å². The lowest BCUT2D eigenvalue weighted by atomic mass is 10.1. The Hall–Kier alpha value is -1.05. The Bertz CT molecular complexity index is 402. The van der Waals surface area contributed by atoms with E-state index in [1.165, 1.54) is 19.2 Å². The number of halogens is 2. The van der Waals surface area contributed by atoms with Gasteiger partial charge in [-0.25, -0.2) is 4.79 Å². The lowest BCUT2D eigenvalue weighted by Crippen LogP contribution is -2.03. The Labute approximate surface area is 94.4 Å². The van der Waals surface area contributed by atoms with Gasteiger partial charge in [0.05, 0.1) is 29.3 Å². The standard InChI is InChI=1S/C9H5BrClNO2/c1-14-9(13)8-6(10)2-5(4-12)3-7(8)11/h2-3H,1H3. The molecule has 0 N–H and O–H groups in total. The zero-order valence-electron chi connectivity index (χ0n) is 7.17. The van der Waals surface area contributed by atoms with Gasteiger partial charge in [0.15, 0.2) is 0 Å². The molecule has 14 heavy (non-hydrogen) atoms.